The number of hydrogen-bond acceptors (Lipinski definition) is 3. The van der Waals surface area contributed by atoms with Gasteiger partial charge in [0.1, 0.15) is 0 Å². The van der Waals surface area contributed by atoms with Gasteiger partial charge in [0.25, 0.3) is 0 Å². The van der Waals surface area contributed by atoms with Gasteiger partial charge in [0.2, 0.25) is 0 Å². The lowest BCUT2D eigenvalue weighted by Gasteiger charge is -1.72. The number of rotatable bonds is 0. The zero-order valence-electron chi connectivity index (χ0n) is 6.09. The molecular formula is C8H6N2S. The van der Waals surface area contributed by atoms with Crippen LogP contribution in [0.1, 0.15) is 16.3 Å². The quantitative estimate of drug-likeness (QED) is 0.544. The monoisotopic (exact) mass is 162 g/mol. The van der Waals surface area contributed by atoms with Crippen molar-refractivity contribution in [3.63, 3.8) is 0 Å². The van der Waals surface area contributed by atoms with Gasteiger partial charge in [-0.15, -0.1) is 11.3 Å². The molecule has 0 bridgehead atoms. The van der Waals surface area contributed by atoms with Crippen LogP contribution in [0.3, 0.4) is 0 Å². The van der Waals surface area contributed by atoms with Crippen molar-refractivity contribution in [3.8, 4) is 17.9 Å². The standard InChI is InChI=1S/C8H6N2S/c1-7-6-10-8(11-7)4-2-3-5-9/h6H,3H2,1H3. The van der Waals surface area contributed by atoms with Crippen molar-refractivity contribution < 1.29 is 0 Å². The highest BCUT2D eigenvalue weighted by atomic mass is 32.1. The van der Waals surface area contributed by atoms with Crippen molar-refractivity contribution in [2.45, 2.75) is 13.3 Å². The molecule has 11 heavy (non-hydrogen) atoms. The first-order chi connectivity index (χ1) is 5.33. The Morgan fingerprint density at radius 3 is 3.09 bits per heavy atom. The van der Waals surface area contributed by atoms with Crippen LogP contribution < -0.4 is 0 Å². The topological polar surface area (TPSA) is 36.7 Å². The number of hydrogen-bond donors (Lipinski definition) is 0. The van der Waals surface area contributed by atoms with Gasteiger partial charge >= 0.3 is 0 Å². The van der Waals surface area contributed by atoms with E-state index in [1.165, 1.54) is 0 Å². The number of nitrogens with zero attached hydrogens (tertiary/aromatic N) is 2. The molecule has 54 valence electrons. The fraction of sp³-hybridized carbons (Fsp3) is 0.250. The Morgan fingerprint density at radius 2 is 2.55 bits per heavy atom. The van der Waals surface area contributed by atoms with Crippen molar-refractivity contribution in [1.82, 2.24) is 4.98 Å². The lowest BCUT2D eigenvalue weighted by atomic mass is 10.5. The maximum atomic E-state index is 8.18. The van der Waals surface area contributed by atoms with Crippen LogP contribution >= 0.6 is 11.3 Å². The van der Waals surface area contributed by atoms with Crippen molar-refractivity contribution >= 4 is 11.3 Å². The van der Waals surface area contributed by atoms with Gasteiger partial charge in [-0.2, -0.15) is 5.26 Å². The average Bonchev–Trinajstić information content (AvgIpc) is 2.37. The summed E-state index contributed by atoms with van der Waals surface area (Å²) in [5.74, 6) is 5.50. The molecule has 0 unspecified atom stereocenters. The van der Waals surface area contributed by atoms with Crippen molar-refractivity contribution in [2.75, 3.05) is 0 Å². The Morgan fingerprint density at radius 1 is 1.73 bits per heavy atom. The largest absolute Gasteiger partial charge is 0.236 e. The van der Waals surface area contributed by atoms with Gasteiger partial charge in [-0.25, -0.2) is 4.98 Å². The zero-order valence-corrected chi connectivity index (χ0v) is 6.90. The lowest BCUT2D eigenvalue weighted by Crippen LogP contribution is -1.66. The summed E-state index contributed by atoms with van der Waals surface area (Å²) >= 11 is 1.54. The van der Waals surface area contributed by atoms with E-state index in [0.29, 0.717) is 0 Å². The molecule has 1 rings (SSSR count). The van der Waals surface area contributed by atoms with Gasteiger partial charge in [-0.1, -0.05) is 5.92 Å². The smallest absolute Gasteiger partial charge is 0.167 e. The van der Waals surface area contributed by atoms with Crippen molar-refractivity contribution in [3.05, 3.63) is 16.1 Å². The SMILES string of the molecule is Cc1cnc(C#CCC#N)s1. The van der Waals surface area contributed by atoms with E-state index in [9.17, 15) is 0 Å². The predicted molar refractivity (Wildman–Crippen MR) is 44.0 cm³/mol. The van der Waals surface area contributed by atoms with E-state index >= 15 is 0 Å². The predicted octanol–water partition coefficient (Wildman–Crippen LogP) is 1.72. The van der Waals surface area contributed by atoms with E-state index in [1.54, 1.807) is 17.5 Å². The minimum absolute atomic E-state index is 0.276. The summed E-state index contributed by atoms with van der Waals surface area (Å²) in [5, 5.41) is 8.97. The van der Waals surface area contributed by atoms with Crippen molar-refractivity contribution in [1.29, 1.82) is 5.26 Å². The molecule has 0 radical (unpaired) electrons. The molecule has 0 aromatic carbocycles. The molecule has 0 fully saturated rings. The van der Waals surface area contributed by atoms with Crippen LogP contribution in [0.2, 0.25) is 0 Å². The summed E-state index contributed by atoms with van der Waals surface area (Å²) in [5.41, 5.74) is 0. The third-order valence-corrected chi connectivity index (χ3v) is 1.81. The minimum Gasteiger partial charge on any atom is -0.236 e. The van der Waals surface area contributed by atoms with E-state index in [2.05, 4.69) is 16.8 Å². The first kappa shape index (κ1) is 7.78. The first-order valence-electron chi connectivity index (χ1n) is 3.11. The average molecular weight is 162 g/mol. The van der Waals surface area contributed by atoms with Crippen LogP contribution in [-0.4, -0.2) is 4.98 Å². The summed E-state index contributed by atoms with van der Waals surface area (Å²) in [4.78, 5) is 5.17. The van der Waals surface area contributed by atoms with Crippen LogP contribution in [0, 0.1) is 30.1 Å². The summed E-state index contributed by atoms with van der Waals surface area (Å²) in [6.45, 7) is 1.98. The maximum Gasteiger partial charge on any atom is 0.167 e. The highest BCUT2D eigenvalue weighted by Crippen LogP contribution is 2.08. The molecule has 1 aromatic rings. The van der Waals surface area contributed by atoms with Gasteiger partial charge < -0.3 is 0 Å². The Labute approximate surface area is 69.5 Å². The van der Waals surface area contributed by atoms with Crippen molar-refractivity contribution in [2.24, 2.45) is 0 Å². The Bertz CT molecular complexity index is 335. The molecule has 0 aliphatic carbocycles. The molecule has 1 heterocycles. The number of thiazole rings is 1. The van der Waals surface area contributed by atoms with Crippen LogP contribution in [-0.2, 0) is 0 Å². The van der Waals surface area contributed by atoms with Crippen LogP contribution in [0.5, 0.6) is 0 Å². The van der Waals surface area contributed by atoms with Crippen LogP contribution in [0.25, 0.3) is 0 Å². The minimum atomic E-state index is 0.276. The second-order valence-corrected chi connectivity index (χ2v) is 3.15. The molecule has 0 aliphatic rings. The van der Waals surface area contributed by atoms with E-state index < -0.39 is 0 Å². The van der Waals surface area contributed by atoms with Gasteiger partial charge in [-0.05, 0) is 12.8 Å². The van der Waals surface area contributed by atoms with Gasteiger partial charge in [0.15, 0.2) is 5.01 Å². The highest BCUT2D eigenvalue weighted by Gasteiger charge is 1.90. The summed E-state index contributed by atoms with van der Waals surface area (Å²) < 4.78 is 0. The van der Waals surface area contributed by atoms with E-state index in [1.807, 2.05) is 13.0 Å². The summed E-state index contributed by atoms with van der Waals surface area (Å²) in [7, 11) is 0. The van der Waals surface area contributed by atoms with Crippen LogP contribution in [0.4, 0.5) is 0 Å². The third-order valence-electron chi connectivity index (χ3n) is 0.984. The zero-order chi connectivity index (χ0) is 8.10. The highest BCUT2D eigenvalue weighted by molar-refractivity contribution is 7.12. The molecule has 0 saturated carbocycles. The molecule has 0 amide bonds. The molecule has 0 saturated heterocycles. The number of aromatic nitrogens is 1. The summed E-state index contributed by atoms with van der Waals surface area (Å²) in [6, 6.07) is 1.95. The third kappa shape index (κ3) is 2.41. The summed E-state index contributed by atoms with van der Waals surface area (Å²) in [6.07, 6.45) is 2.06. The van der Waals surface area contributed by atoms with Crippen LogP contribution in [0.15, 0.2) is 6.20 Å². The second-order valence-electron chi connectivity index (χ2n) is 1.91. The first-order valence-corrected chi connectivity index (χ1v) is 3.93. The molecule has 1 aromatic heterocycles. The fourth-order valence-electron chi connectivity index (χ4n) is 0.572. The van der Waals surface area contributed by atoms with E-state index in [0.717, 1.165) is 9.88 Å². The lowest BCUT2D eigenvalue weighted by molar-refractivity contribution is 1.35. The number of nitriles is 1. The Hall–Kier alpha value is -1.32. The van der Waals surface area contributed by atoms with Gasteiger partial charge in [-0.3, -0.25) is 0 Å². The van der Waals surface area contributed by atoms with Gasteiger partial charge in [0.05, 0.1) is 12.5 Å². The Kier molecular flexibility index (Phi) is 2.66. The van der Waals surface area contributed by atoms with E-state index in [-0.39, 0.29) is 6.42 Å². The van der Waals surface area contributed by atoms with E-state index in [4.69, 9.17) is 5.26 Å². The fourth-order valence-corrected chi connectivity index (χ4v) is 1.21. The Balaban J connectivity index is 2.68. The maximum absolute atomic E-state index is 8.18. The molecule has 0 atom stereocenters. The molecule has 0 spiro atoms. The molecule has 3 heteroatoms. The number of aryl methyl sites for hydroxylation is 1. The molecule has 2 nitrogen and oxygen atoms in total. The second kappa shape index (κ2) is 3.75. The van der Waals surface area contributed by atoms with Gasteiger partial charge in [0, 0.05) is 11.1 Å². The normalized spacial score (nSPS) is 8.00. The molecular weight excluding hydrogens is 156 g/mol. The molecule has 0 aliphatic heterocycles. The molecule has 0 N–H and O–H groups in total.